The maximum atomic E-state index is 14.8. The Morgan fingerprint density at radius 2 is 0.607 bits per heavy atom. The van der Waals surface area contributed by atoms with Crippen LogP contribution in [0.2, 0.25) is 0 Å². The first-order valence-electron chi connectivity index (χ1n) is 17.3. The highest BCUT2D eigenvalue weighted by Crippen LogP contribution is 2.57. The van der Waals surface area contributed by atoms with Crippen molar-refractivity contribution in [3.05, 3.63) is 213 Å². The number of carbonyl (C=O) groups is 4. The van der Waals surface area contributed by atoms with E-state index in [2.05, 4.69) is 31.9 Å². The zero-order valence-corrected chi connectivity index (χ0v) is 32.6. The second-order valence-corrected chi connectivity index (χ2v) is 13.8. The van der Waals surface area contributed by atoms with Crippen molar-refractivity contribution in [2.75, 3.05) is 9.80 Å². The van der Waals surface area contributed by atoms with E-state index in [1.54, 1.807) is 182 Å². The van der Waals surface area contributed by atoms with E-state index in [1.807, 2.05) is 0 Å². The number of carbonyl (C=O) groups excluding carboxylic acids is 4. The highest BCUT2D eigenvalue weighted by molar-refractivity contribution is 9.11. The van der Waals surface area contributed by atoms with Crippen molar-refractivity contribution >= 4 is 78.4 Å². The number of anilines is 4. The van der Waals surface area contributed by atoms with Gasteiger partial charge in [-0.1, -0.05) is 109 Å². The molecule has 0 aliphatic heterocycles. The van der Waals surface area contributed by atoms with Gasteiger partial charge in [0.05, 0.1) is 20.1 Å². The molecule has 0 saturated heterocycles. The Labute approximate surface area is 339 Å². The van der Waals surface area contributed by atoms with E-state index < -0.39 is 23.8 Å². The quantitative estimate of drug-likeness (QED) is 0.100. The number of rotatable bonds is 10. The van der Waals surface area contributed by atoms with Gasteiger partial charge in [0.1, 0.15) is 11.4 Å². The fourth-order valence-corrected chi connectivity index (χ4v) is 7.18. The fourth-order valence-electron chi connectivity index (χ4n) is 5.93. The van der Waals surface area contributed by atoms with Gasteiger partial charge in [0.2, 0.25) is 0 Å². The first-order valence-corrected chi connectivity index (χ1v) is 18.9. The van der Waals surface area contributed by atoms with Gasteiger partial charge in [-0.2, -0.15) is 0 Å². The van der Waals surface area contributed by atoms with Gasteiger partial charge in [-0.05, 0) is 105 Å². The number of hydrogen-bond donors (Lipinski definition) is 0. The largest absolute Gasteiger partial charge is 0.419 e. The van der Waals surface area contributed by atoms with E-state index in [1.165, 1.54) is 9.80 Å². The van der Waals surface area contributed by atoms with E-state index >= 15 is 0 Å². The van der Waals surface area contributed by atoms with Crippen LogP contribution < -0.4 is 19.3 Å². The standard InChI is InChI=1S/C46H30Br2N2O6/c47-37-39(49(35-27-15-5-16-28-35)43(51)31-19-7-1-8-20-31)41(55-45(53)33-23-11-3-12-24-33)38(48)40(42(37)56-46(54)34-25-13-4-14-26-34)50(36-29-17-6-18-30-36)44(52)32-21-9-2-10-22-32/h1-30H. The van der Waals surface area contributed by atoms with Crippen molar-refractivity contribution in [2.24, 2.45) is 0 Å². The van der Waals surface area contributed by atoms with Crippen LogP contribution in [0.1, 0.15) is 41.4 Å². The first kappa shape index (κ1) is 37.7. The van der Waals surface area contributed by atoms with Gasteiger partial charge in [0, 0.05) is 22.5 Å². The summed E-state index contributed by atoms with van der Waals surface area (Å²) in [6.45, 7) is 0. The van der Waals surface area contributed by atoms with Gasteiger partial charge in [-0.15, -0.1) is 0 Å². The van der Waals surface area contributed by atoms with Crippen LogP contribution in [0.25, 0.3) is 0 Å². The maximum Gasteiger partial charge on any atom is 0.343 e. The molecular weight excluding hydrogens is 836 g/mol. The number of nitrogens with zero attached hydrogens (tertiary/aromatic N) is 2. The summed E-state index contributed by atoms with van der Waals surface area (Å²) in [5.41, 5.74) is 1.92. The Bertz CT molecular complexity index is 2330. The molecule has 10 heteroatoms. The molecular formula is C46H30Br2N2O6. The minimum Gasteiger partial charge on any atom is -0.419 e. The number of ether oxygens (including phenoxy) is 2. The number of para-hydroxylation sites is 2. The summed E-state index contributed by atoms with van der Waals surface area (Å²) in [4.78, 5) is 60.4. The highest BCUT2D eigenvalue weighted by Gasteiger charge is 2.38. The molecule has 0 aromatic heterocycles. The number of hydrogen-bond acceptors (Lipinski definition) is 6. The summed E-state index contributed by atoms with van der Waals surface area (Å²) in [6.07, 6.45) is 0. The fraction of sp³-hybridized carbons (Fsp3) is 0. The van der Waals surface area contributed by atoms with Crippen molar-refractivity contribution in [1.82, 2.24) is 0 Å². The molecule has 7 rings (SSSR count). The normalized spacial score (nSPS) is 10.6. The van der Waals surface area contributed by atoms with Crippen molar-refractivity contribution in [3.8, 4) is 11.5 Å². The summed E-state index contributed by atoms with van der Waals surface area (Å²) >= 11 is 7.46. The van der Waals surface area contributed by atoms with Crippen molar-refractivity contribution < 1.29 is 28.7 Å². The molecule has 0 aliphatic rings. The van der Waals surface area contributed by atoms with Crippen LogP contribution in [0.4, 0.5) is 22.7 Å². The molecule has 0 fully saturated rings. The molecule has 8 nitrogen and oxygen atoms in total. The molecule has 0 atom stereocenters. The molecule has 0 unspecified atom stereocenters. The summed E-state index contributed by atoms with van der Waals surface area (Å²) in [7, 11) is 0. The third kappa shape index (κ3) is 7.93. The van der Waals surface area contributed by atoms with Crippen LogP contribution in [0.15, 0.2) is 191 Å². The lowest BCUT2D eigenvalue weighted by Crippen LogP contribution is -2.30. The molecule has 56 heavy (non-hydrogen) atoms. The zero-order valence-electron chi connectivity index (χ0n) is 29.4. The Hall–Kier alpha value is -6.62. The molecule has 274 valence electrons. The third-order valence-corrected chi connectivity index (χ3v) is 10.0. The van der Waals surface area contributed by atoms with Crippen LogP contribution in [0.3, 0.4) is 0 Å². The molecule has 0 spiro atoms. The second kappa shape index (κ2) is 17.2. The number of esters is 2. The lowest BCUT2D eigenvalue weighted by Gasteiger charge is -2.32. The van der Waals surface area contributed by atoms with Crippen LogP contribution >= 0.6 is 31.9 Å². The minimum absolute atomic E-state index is 0.0148. The summed E-state index contributed by atoms with van der Waals surface area (Å²) < 4.78 is 12.7. The number of halogens is 2. The molecule has 0 aliphatic carbocycles. The number of benzene rings is 7. The average Bonchev–Trinajstić information content (AvgIpc) is 3.26. The second-order valence-electron chi connectivity index (χ2n) is 12.2. The Morgan fingerprint density at radius 3 is 0.893 bits per heavy atom. The van der Waals surface area contributed by atoms with E-state index in [0.717, 1.165) is 0 Å². The lowest BCUT2D eigenvalue weighted by atomic mass is 10.1. The van der Waals surface area contributed by atoms with Gasteiger partial charge < -0.3 is 9.47 Å². The van der Waals surface area contributed by atoms with E-state index in [0.29, 0.717) is 22.5 Å². The molecule has 0 bridgehead atoms. The smallest absolute Gasteiger partial charge is 0.343 e. The Morgan fingerprint density at radius 1 is 0.357 bits per heavy atom. The van der Waals surface area contributed by atoms with Gasteiger partial charge >= 0.3 is 11.9 Å². The molecule has 0 radical (unpaired) electrons. The Balaban J connectivity index is 1.58. The summed E-state index contributed by atoms with van der Waals surface area (Å²) in [5, 5.41) is 0. The van der Waals surface area contributed by atoms with Crippen LogP contribution in [0, 0.1) is 0 Å². The molecule has 7 aromatic rings. The van der Waals surface area contributed by atoms with E-state index in [4.69, 9.17) is 9.47 Å². The minimum atomic E-state index is -0.750. The molecule has 7 aromatic carbocycles. The van der Waals surface area contributed by atoms with E-state index in [-0.39, 0.29) is 42.9 Å². The first-order chi connectivity index (χ1) is 27.3. The molecule has 0 saturated carbocycles. The predicted octanol–water partition coefficient (Wildman–Crippen LogP) is 11.6. The summed E-state index contributed by atoms with van der Waals surface area (Å²) in [5.74, 6) is -2.77. The van der Waals surface area contributed by atoms with Gasteiger partial charge in [0.15, 0.2) is 11.5 Å². The molecule has 0 heterocycles. The van der Waals surface area contributed by atoms with Crippen LogP contribution in [-0.2, 0) is 0 Å². The van der Waals surface area contributed by atoms with Crippen molar-refractivity contribution in [2.45, 2.75) is 0 Å². The van der Waals surface area contributed by atoms with Crippen LogP contribution in [-0.4, -0.2) is 23.8 Å². The summed E-state index contributed by atoms with van der Waals surface area (Å²) in [6, 6.07) is 51.5. The van der Waals surface area contributed by atoms with E-state index in [9.17, 15) is 19.2 Å². The average molecular weight is 867 g/mol. The van der Waals surface area contributed by atoms with Gasteiger partial charge in [0.25, 0.3) is 11.8 Å². The third-order valence-electron chi connectivity index (χ3n) is 8.58. The van der Waals surface area contributed by atoms with Crippen LogP contribution in [0.5, 0.6) is 11.5 Å². The highest BCUT2D eigenvalue weighted by atomic mass is 79.9. The van der Waals surface area contributed by atoms with Crippen molar-refractivity contribution in [3.63, 3.8) is 0 Å². The monoisotopic (exact) mass is 864 g/mol. The molecule has 0 N–H and O–H groups in total. The topological polar surface area (TPSA) is 93.2 Å². The van der Waals surface area contributed by atoms with Gasteiger partial charge in [-0.3, -0.25) is 19.4 Å². The SMILES string of the molecule is O=C(Oc1c(Br)c(N(C(=O)c2ccccc2)c2ccccc2)c(OC(=O)c2ccccc2)c(Br)c1N(C(=O)c1ccccc1)c1ccccc1)c1ccccc1. The number of amides is 2. The van der Waals surface area contributed by atoms with Crippen molar-refractivity contribution in [1.29, 1.82) is 0 Å². The Kier molecular flexibility index (Phi) is 11.6. The molecule has 2 amide bonds. The maximum absolute atomic E-state index is 14.8. The van der Waals surface area contributed by atoms with Gasteiger partial charge in [-0.25, -0.2) is 9.59 Å². The zero-order chi connectivity index (χ0) is 39.0. The lowest BCUT2D eigenvalue weighted by molar-refractivity contribution is 0.0718. The predicted molar refractivity (Wildman–Crippen MR) is 223 cm³/mol.